The van der Waals surface area contributed by atoms with Gasteiger partial charge in [-0.05, 0) is 6.26 Å². The summed E-state index contributed by atoms with van der Waals surface area (Å²) < 4.78 is 0. The number of carbonyl (C=O) groups excluding carboxylic acids is 1. The van der Waals surface area contributed by atoms with Crippen LogP contribution in [0.5, 0.6) is 0 Å². The van der Waals surface area contributed by atoms with E-state index in [9.17, 15) is 4.79 Å². The van der Waals surface area contributed by atoms with Crippen molar-refractivity contribution in [1.82, 2.24) is 20.2 Å². The van der Waals surface area contributed by atoms with Crippen LogP contribution in [-0.4, -0.2) is 32.3 Å². The second-order valence-electron chi connectivity index (χ2n) is 2.75. The average molecular weight is 288 g/mol. The van der Waals surface area contributed by atoms with Gasteiger partial charge in [-0.3, -0.25) is 10.1 Å². The Morgan fingerprint density at radius 1 is 1.59 bits per heavy atom. The van der Waals surface area contributed by atoms with Crippen molar-refractivity contribution in [3.05, 3.63) is 22.4 Å². The molecule has 0 aromatic carbocycles. The van der Waals surface area contributed by atoms with E-state index in [1.54, 1.807) is 0 Å². The van der Waals surface area contributed by atoms with Crippen LogP contribution < -0.4 is 5.32 Å². The third kappa shape index (κ3) is 2.90. The number of nitrogens with zero attached hydrogens (tertiary/aromatic N) is 4. The summed E-state index contributed by atoms with van der Waals surface area (Å²) in [6.45, 7) is 0. The van der Waals surface area contributed by atoms with Crippen molar-refractivity contribution in [2.24, 2.45) is 0 Å². The molecule has 2 heterocycles. The van der Waals surface area contributed by atoms with E-state index in [0.717, 1.165) is 0 Å². The second-order valence-corrected chi connectivity index (χ2v) is 4.77. The fourth-order valence-electron chi connectivity index (χ4n) is 0.992. The van der Waals surface area contributed by atoms with Crippen molar-refractivity contribution in [3.63, 3.8) is 0 Å². The minimum absolute atomic E-state index is 0.126. The molecule has 0 atom stereocenters. The monoisotopic (exact) mass is 287 g/mol. The number of hydrogen-bond donors (Lipinski definition) is 1. The molecule has 17 heavy (non-hydrogen) atoms. The van der Waals surface area contributed by atoms with Gasteiger partial charge in [-0.15, -0.1) is 10.2 Å². The fourth-order valence-corrected chi connectivity index (χ4v) is 1.95. The first-order chi connectivity index (χ1) is 8.20. The molecule has 0 aliphatic rings. The van der Waals surface area contributed by atoms with Crippen molar-refractivity contribution >= 4 is 45.7 Å². The Balaban J connectivity index is 2.24. The zero-order chi connectivity index (χ0) is 12.3. The third-order valence-corrected chi connectivity index (χ3v) is 3.15. The molecule has 1 N–H and O–H groups in total. The Bertz CT molecular complexity index is 533. The molecule has 1 amide bonds. The quantitative estimate of drug-likeness (QED) is 0.686. The highest BCUT2D eigenvalue weighted by Gasteiger charge is 2.15. The lowest BCUT2D eigenvalue weighted by atomic mass is 10.4. The molecule has 2 rings (SSSR count). The molecule has 6 nitrogen and oxygen atoms in total. The van der Waals surface area contributed by atoms with Gasteiger partial charge < -0.3 is 0 Å². The van der Waals surface area contributed by atoms with Gasteiger partial charge in [0.15, 0.2) is 10.9 Å². The fraction of sp³-hybridized carbons (Fsp3) is 0.125. The van der Waals surface area contributed by atoms with Gasteiger partial charge in [0.05, 0.1) is 11.2 Å². The van der Waals surface area contributed by atoms with Gasteiger partial charge in [0, 0.05) is 0 Å². The van der Waals surface area contributed by atoms with Crippen LogP contribution in [0.1, 0.15) is 10.5 Å². The largest absolute Gasteiger partial charge is 0.295 e. The van der Waals surface area contributed by atoms with Crippen LogP contribution in [0, 0.1) is 0 Å². The summed E-state index contributed by atoms with van der Waals surface area (Å²) in [6, 6.07) is 0. The van der Waals surface area contributed by atoms with Crippen LogP contribution in [0.15, 0.2) is 16.9 Å². The molecule has 2 aromatic rings. The lowest BCUT2D eigenvalue weighted by Gasteiger charge is -2.03. The number of anilines is 1. The summed E-state index contributed by atoms with van der Waals surface area (Å²) in [5, 5.41) is 10.9. The first-order valence-corrected chi connectivity index (χ1v) is 6.83. The lowest BCUT2D eigenvalue weighted by Crippen LogP contribution is -2.15. The van der Waals surface area contributed by atoms with E-state index >= 15 is 0 Å². The normalized spacial score (nSPS) is 10.2. The summed E-state index contributed by atoms with van der Waals surface area (Å²) in [7, 11) is 0. The van der Waals surface area contributed by atoms with Gasteiger partial charge in [-0.2, -0.15) is 0 Å². The minimum atomic E-state index is -0.426. The standard InChI is InChI=1S/C8H6ClN5OS2/c1-16-7-10-2-4(9)5(12-7)6(15)13-8-14-11-3-17-8/h2-3H,1H3,(H,13,14,15). The number of carbonyl (C=O) groups is 1. The summed E-state index contributed by atoms with van der Waals surface area (Å²) in [5.41, 5.74) is 1.64. The topological polar surface area (TPSA) is 80.7 Å². The van der Waals surface area contributed by atoms with Crippen molar-refractivity contribution in [2.45, 2.75) is 5.16 Å². The highest BCUT2D eigenvalue weighted by Crippen LogP contribution is 2.18. The van der Waals surface area contributed by atoms with Gasteiger partial charge in [-0.1, -0.05) is 34.7 Å². The number of halogens is 1. The van der Waals surface area contributed by atoms with Crippen molar-refractivity contribution in [3.8, 4) is 0 Å². The van der Waals surface area contributed by atoms with E-state index in [-0.39, 0.29) is 10.7 Å². The molecule has 0 aliphatic heterocycles. The molecule has 0 fully saturated rings. The van der Waals surface area contributed by atoms with E-state index < -0.39 is 5.91 Å². The Labute approximate surface area is 110 Å². The SMILES string of the molecule is CSc1ncc(Cl)c(C(=O)Nc2nncs2)n1. The van der Waals surface area contributed by atoms with Crippen LogP contribution in [-0.2, 0) is 0 Å². The lowest BCUT2D eigenvalue weighted by molar-refractivity contribution is 0.102. The number of aromatic nitrogens is 4. The summed E-state index contributed by atoms with van der Waals surface area (Å²) in [5.74, 6) is -0.426. The average Bonchev–Trinajstić information content (AvgIpc) is 2.82. The van der Waals surface area contributed by atoms with Crippen LogP contribution in [0.4, 0.5) is 5.13 Å². The first-order valence-electron chi connectivity index (χ1n) is 4.34. The highest BCUT2D eigenvalue weighted by atomic mass is 35.5. The summed E-state index contributed by atoms with van der Waals surface area (Å²) in [4.78, 5) is 19.8. The summed E-state index contributed by atoms with van der Waals surface area (Å²) in [6.07, 6.45) is 3.21. The van der Waals surface area contributed by atoms with Gasteiger partial charge in [-0.25, -0.2) is 9.97 Å². The molecule has 0 unspecified atom stereocenters. The number of amides is 1. The molecule has 0 spiro atoms. The van der Waals surface area contributed by atoms with Crippen LogP contribution >= 0.6 is 34.7 Å². The number of nitrogens with one attached hydrogen (secondary N) is 1. The Morgan fingerprint density at radius 3 is 3.06 bits per heavy atom. The maximum Gasteiger partial charge on any atom is 0.277 e. The molecule has 0 saturated carbocycles. The first kappa shape index (κ1) is 12.2. The molecule has 0 aliphatic carbocycles. The Kier molecular flexibility index (Phi) is 3.87. The van der Waals surface area contributed by atoms with Crippen molar-refractivity contribution in [2.75, 3.05) is 11.6 Å². The van der Waals surface area contributed by atoms with Crippen molar-refractivity contribution < 1.29 is 4.79 Å². The minimum Gasteiger partial charge on any atom is -0.295 e. The molecule has 0 saturated heterocycles. The molecular formula is C8H6ClN5OS2. The van der Waals surface area contributed by atoms with E-state index in [0.29, 0.717) is 10.3 Å². The smallest absolute Gasteiger partial charge is 0.277 e. The molecule has 0 radical (unpaired) electrons. The summed E-state index contributed by atoms with van der Waals surface area (Å²) >= 11 is 8.41. The predicted octanol–water partition coefficient (Wildman–Crippen LogP) is 1.96. The van der Waals surface area contributed by atoms with Gasteiger partial charge in [0.2, 0.25) is 5.13 Å². The maximum atomic E-state index is 11.8. The molecular weight excluding hydrogens is 282 g/mol. The zero-order valence-corrected chi connectivity index (χ0v) is 10.9. The number of rotatable bonds is 3. The van der Waals surface area contributed by atoms with E-state index in [2.05, 4.69) is 25.5 Å². The van der Waals surface area contributed by atoms with E-state index in [1.807, 2.05) is 6.26 Å². The maximum absolute atomic E-state index is 11.8. The predicted molar refractivity (Wildman–Crippen MR) is 66.7 cm³/mol. The third-order valence-electron chi connectivity index (χ3n) is 1.70. The van der Waals surface area contributed by atoms with Gasteiger partial charge in [0.1, 0.15) is 5.51 Å². The van der Waals surface area contributed by atoms with Gasteiger partial charge in [0.25, 0.3) is 5.91 Å². The van der Waals surface area contributed by atoms with E-state index in [1.165, 1.54) is 34.8 Å². The van der Waals surface area contributed by atoms with Gasteiger partial charge >= 0.3 is 0 Å². The van der Waals surface area contributed by atoms with Crippen LogP contribution in [0.3, 0.4) is 0 Å². The second kappa shape index (κ2) is 5.39. The van der Waals surface area contributed by atoms with Crippen LogP contribution in [0.25, 0.3) is 0 Å². The molecule has 2 aromatic heterocycles. The Hall–Kier alpha value is -1.25. The number of thioether (sulfide) groups is 1. The van der Waals surface area contributed by atoms with E-state index in [4.69, 9.17) is 11.6 Å². The Morgan fingerprint density at radius 2 is 2.41 bits per heavy atom. The molecule has 9 heteroatoms. The molecule has 0 bridgehead atoms. The number of hydrogen-bond acceptors (Lipinski definition) is 7. The van der Waals surface area contributed by atoms with Crippen molar-refractivity contribution in [1.29, 1.82) is 0 Å². The zero-order valence-electron chi connectivity index (χ0n) is 8.55. The molecule has 88 valence electrons. The van der Waals surface area contributed by atoms with Crippen LogP contribution in [0.2, 0.25) is 5.02 Å². The highest BCUT2D eigenvalue weighted by molar-refractivity contribution is 7.98.